The van der Waals surface area contributed by atoms with Crippen molar-refractivity contribution in [3.63, 3.8) is 0 Å². The second-order valence-corrected chi connectivity index (χ2v) is 8.91. The number of anilines is 1. The third kappa shape index (κ3) is 6.10. The zero-order chi connectivity index (χ0) is 21.4. The van der Waals surface area contributed by atoms with Crippen LogP contribution in [0.5, 0.6) is 5.88 Å². The van der Waals surface area contributed by atoms with Crippen LogP contribution >= 0.6 is 11.3 Å². The number of pyridine rings is 1. The van der Waals surface area contributed by atoms with E-state index in [-0.39, 0.29) is 17.0 Å². The molecule has 0 spiro atoms. The Morgan fingerprint density at radius 2 is 2.00 bits per heavy atom. The van der Waals surface area contributed by atoms with E-state index in [0.717, 1.165) is 4.88 Å². The first-order valence-corrected chi connectivity index (χ1v) is 11.4. The second kappa shape index (κ2) is 10.3. The normalized spacial score (nSPS) is 11.2. The molecule has 0 unspecified atom stereocenters. The zero-order valence-electron chi connectivity index (χ0n) is 16.2. The molecule has 0 aliphatic carbocycles. The van der Waals surface area contributed by atoms with Gasteiger partial charge in [-0.25, -0.2) is 18.1 Å². The molecule has 1 amide bonds. The fourth-order valence-electron chi connectivity index (χ4n) is 2.44. The van der Waals surface area contributed by atoms with Crippen LogP contribution in [0.2, 0.25) is 0 Å². The van der Waals surface area contributed by atoms with Crippen LogP contribution in [0, 0.1) is 0 Å². The SMILES string of the molecule is COCCOc1ccc(NC(=O)c2cccc(S(=O)(=O)NCc3cccs3)c2)cn1. The topological polar surface area (TPSA) is 107 Å². The Morgan fingerprint density at radius 1 is 1.13 bits per heavy atom. The minimum atomic E-state index is -3.74. The molecule has 0 bridgehead atoms. The smallest absolute Gasteiger partial charge is 0.255 e. The number of hydrogen-bond acceptors (Lipinski definition) is 7. The van der Waals surface area contributed by atoms with Crippen LogP contribution in [0.25, 0.3) is 0 Å². The van der Waals surface area contributed by atoms with E-state index in [1.54, 1.807) is 25.3 Å². The van der Waals surface area contributed by atoms with Crippen LogP contribution in [0.15, 0.2) is 65.0 Å². The third-order valence-corrected chi connectivity index (χ3v) is 6.23. The number of carbonyl (C=O) groups is 1. The summed E-state index contributed by atoms with van der Waals surface area (Å²) in [6, 6.07) is 12.8. The van der Waals surface area contributed by atoms with Gasteiger partial charge in [-0.05, 0) is 35.7 Å². The summed E-state index contributed by atoms with van der Waals surface area (Å²) in [5.41, 5.74) is 0.678. The molecule has 2 N–H and O–H groups in total. The molecule has 30 heavy (non-hydrogen) atoms. The minimum absolute atomic E-state index is 0.0201. The molecular formula is C20H21N3O5S2. The highest BCUT2D eigenvalue weighted by molar-refractivity contribution is 7.89. The standard InChI is InChI=1S/C20H21N3O5S2/c1-27-9-10-28-19-8-7-16(13-21-19)23-20(24)15-4-2-6-18(12-15)30(25,26)22-14-17-5-3-11-29-17/h2-8,11-13,22H,9-10,14H2,1H3,(H,23,24). The maximum Gasteiger partial charge on any atom is 0.255 e. The quantitative estimate of drug-likeness (QED) is 0.463. The Bertz CT molecular complexity index is 1070. The Hall–Kier alpha value is -2.79. The minimum Gasteiger partial charge on any atom is -0.475 e. The first-order valence-electron chi connectivity index (χ1n) is 8.99. The number of benzene rings is 1. The maximum absolute atomic E-state index is 12.5. The van der Waals surface area contributed by atoms with Crippen molar-refractivity contribution in [2.45, 2.75) is 11.4 Å². The van der Waals surface area contributed by atoms with Crippen LogP contribution in [-0.2, 0) is 21.3 Å². The molecule has 0 aliphatic rings. The van der Waals surface area contributed by atoms with Gasteiger partial charge in [0.25, 0.3) is 5.91 Å². The van der Waals surface area contributed by atoms with Gasteiger partial charge in [-0.2, -0.15) is 0 Å². The molecule has 0 fully saturated rings. The van der Waals surface area contributed by atoms with Gasteiger partial charge in [0.1, 0.15) is 6.61 Å². The monoisotopic (exact) mass is 447 g/mol. The molecule has 8 nitrogen and oxygen atoms in total. The summed E-state index contributed by atoms with van der Waals surface area (Å²) < 4.78 is 37.9. The van der Waals surface area contributed by atoms with Gasteiger partial charge in [0.15, 0.2) is 0 Å². The molecule has 0 saturated carbocycles. The molecule has 2 aromatic heterocycles. The number of ether oxygens (including phenoxy) is 2. The lowest BCUT2D eigenvalue weighted by molar-refractivity contribution is 0.102. The van der Waals surface area contributed by atoms with Gasteiger partial charge in [0, 0.05) is 30.2 Å². The van der Waals surface area contributed by atoms with Crippen molar-refractivity contribution < 1.29 is 22.7 Å². The predicted octanol–water partition coefficient (Wildman–Crippen LogP) is 2.90. The number of nitrogens with one attached hydrogen (secondary N) is 2. The van der Waals surface area contributed by atoms with Crippen LogP contribution in [0.3, 0.4) is 0 Å². The summed E-state index contributed by atoms with van der Waals surface area (Å²) in [5.74, 6) is -0.0323. The van der Waals surface area contributed by atoms with E-state index in [9.17, 15) is 13.2 Å². The van der Waals surface area contributed by atoms with E-state index in [0.29, 0.717) is 24.8 Å². The highest BCUT2D eigenvalue weighted by Crippen LogP contribution is 2.16. The highest BCUT2D eigenvalue weighted by Gasteiger charge is 2.16. The van der Waals surface area contributed by atoms with Gasteiger partial charge in [-0.3, -0.25) is 4.79 Å². The molecule has 158 valence electrons. The number of hydrogen-bond donors (Lipinski definition) is 2. The van der Waals surface area contributed by atoms with Crippen LogP contribution in [0.1, 0.15) is 15.2 Å². The van der Waals surface area contributed by atoms with Crippen molar-refractivity contribution in [3.05, 3.63) is 70.5 Å². The molecule has 1 aromatic carbocycles. The largest absolute Gasteiger partial charge is 0.475 e. The summed E-state index contributed by atoms with van der Waals surface area (Å²) >= 11 is 1.46. The molecule has 3 rings (SSSR count). The number of sulfonamides is 1. The number of amides is 1. The number of rotatable bonds is 10. The van der Waals surface area contributed by atoms with Crippen LogP contribution in [0.4, 0.5) is 5.69 Å². The number of methoxy groups -OCH3 is 1. The van der Waals surface area contributed by atoms with E-state index in [4.69, 9.17) is 9.47 Å². The van der Waals surface area contributed by atoms with Crippen LogP contribution < -0.4 is 14.8 Å². The highest BCUT2D eigenvalue weighted by atomic mass is 32.2. The Balaban J connectivity index is 1.64. The average molecular weight is 448 g/mol. The van der Waals surface area contributed by atoms with Gasteiger partial charge >= 0.3 is 0 Å². The summed E-state index contributed by atoms with van der Waals surface area (Å²) in [6.07, 6.45) is 1.46. The first-order chi connectivity index (χ1) is 14.5. The average Bonchev–Trinajstić information content (AvgIpc) is 3.28. The van der Waals surface area contributed by atoms with Crippen molar-refractivity contribution in [2.75, 3.05) is 25.6 Å². The van der Waals surface area contributed by atoms with Crippen molar-refractivity contribution in [3.8, 4) is 5.88 Å². The molecule has 2 heterocycles. The number of nitrogens with zero attached hydrogens (tertiary/aromatic N) is 1. The van der Waals surface area contributed by atoms with Gasteiger partial charge in [0.05, 0.1) is 23.4 Å². The van der Waals surface area contributed by atoms with E-state index in [2.05, 4.69) is 15.0 Å². The Kier molecular flexibility index (Phi) is 7.52. The van der Waals surface area contributed by atoms with Crippen molar-refractivity contribution in [1.82, 2.24) is 9.71 Å². The van der Waals surface area contributed by atoms with Gasteiger partial charge in [-0.1, -0.05) is 12.1 Å². The molecule has 3 aromatic rings. The lowest BCUT2D eigenvalue weighted by Crippen LogP contribution is -2.23. The van der Waals surface area contributed by atoms with Gasteiger partial charge in [-0.15, -0.1) is 11.3 Å². The summed E-state index contributed by atoms with van der Waals surface area (Å²) in [4.78, 5) is 17.6. The zero-order valence-corrected chi connectivity index (χ0v) is 17.8. The van der Waals surface area contributed by atoms with Crippen molar-refractivity contribution in [2.24, 2.45) is 0 Å². The fraction of sp³-hybridized carbons (Fsp3) is 0.200. The van der Waals surface area contributed by atoms with Crippen molar-refractivity contribution in [1.29, 1.82) is 0 Å². The number of thiophene rings is 1. The van der Waals surface area contributed by atoms with E-state index in [1.807, 2.05) is 17.5 Å². The van der Waals surface area contributed by atoms with Gasteiger partial charge < -0.3 is 14.8 Å². The Labute approximate surface area is 178 Å². The van der Waals surface area contributed by atoms with Gasteiger partial charge in [0.2, 0.25) is 15.9 Å². The molecule has 0 aliphatic heterocycles. The molecule has 0 saturated heterocycles. The Morgan fingerprint density at radius 3 is 2.70 bits per heavy atom. The lowest BCUT2D eigenvalue weighted by Gasteiger charge is -2.09. The molecule has 0 atom stereocenters. The van der Waals surface area contributed by atoms with E-state index >= 15 is 0 Å². The molecular weight excluding hydrogens is 426 g/mol. The summed E-state index contributed by atoms with van der Waals surface area (Å²) in [7, 11) is -2.17. The fourth-order valence-corrected chi connectivity index (χ4v) is 4.23. The van der Waals surface area contributed by atoms with Crippen LogP contribution in [-0.4, -0.2) is 39.6 Å². The third-order valence-electron chi connectivity index (χ3n) is 3.95. The number of carbonyl (C=O) groups excluding carboxylic acids is 1. The van der Waals surface area contributed by atoms with E-state index < -0.39 is 15.9 Å². The molecule has 10 heteroatoms. The van der Waals surface area contributed by atoms with Crippen molar-refractivity contribution >= 4 is 33.0 Å². The predicted molar refractivity (Wildman–Crippen MR) is 114 cm³/mol. The maximum atomic E-state index is 12.5. The summed E-state index contributed by atoms with van der Waals surface area (Å²) in [5, 5.41) is 4.57. The van der Waals surface area contributed by atoms with E-state index in [1.165, 1.54) is 35.7 Å². The number of aromatic nitrogens is 1. The summed E-state index contributed by atoms with van der Waals surface area (Å²) in [6.45, 7) is 1.01. The molecule has 0 radical (unpaired) electrons. The lowest BCUT2D eigenvalue weighted by atomic mass is 10.2. The first kappa shape index (κ1) is 21.9. The second-order valence-electron chi connectivity index (χ2n) is 6.11.